The molecule has 0 saturated heterocycles. The zero-order chi connectivity index (χ0) is 24.1. The number of amides is 1. The fourth-order valence-electron chi connectivity index (χ4n) is 4.16. The Balaban J connectivity index is 1.76. The zero-order valence-electron chi connectivity index (χ0n) is 17.7. The Morgan fingerprint density at radius 1 is 1.03 bits per heavy atom. The number of non-ortho nitro benzene ring substituents is 1. The lowest BCUT2D eigenvalue weighted by atomic mass is 9.98. The maximum atomic E-state index is 13.6. The molecule has 2 heterocycles. The largest absolute Gasteiger partial charge is 0.450 e. The van der Waals surface area contributed by atoms with Crippen LogP contribution >= 0.6 is 15.9 Å². The van der Waals surface area contributed by atoms with Gasteiger partial charge >= 0.3 is 0 Å². The summed E-state index contributed by atoms with van der Waals surface area (Å²) in [6, 6.07) is 16.2. The molecule has 168 valence electrons. The molecule has 0 spiro atoms. The molecule has 4 aromatic rings. The monoisotopic (exact) mass is 518 g/mol. The van der Waals surface area contributed by atoms with Gasteiger partial charge in [-0.15, -0.1) is 0 Å². The molecule has 0 radical (unpaired) electrons. The minimum Gasteiger partial charge on any atom is -0.450 e. The highest BCUT2D eigenvalue weighted by atomic mass is 79.9. The molecule has 3 aromatic carbocycles. The second-order valence-electron chi connectivity index (χ2n) is 7.84. The fraction of sp³-hybridized carbons (Fsp3) is 0.0800. The molecule has 1 aromatic heterocycles. The van der Waals surface area contributed by atoms with Crippen molar-refractivity contribution in [1.29, 1.82) is 0 Å². The lowest BCUT2D eigenvalue weighted by Gasteiger charge is -2.25. The molecule has 0 N–H and O–H groups in total. The molecule has 1 aliphatic heterocycles. The molecule has 34 heavy (non-hydrogen) atoms. The lowest BCUT2D eigenvalue weighted by molar-refractivity contribution is -0.384. The summed E-state index contributed by atoms with van der Waals surface area (Å²) >= 11 is 3.36. The van der Waals surface area contributed by atoms with Crippen molar-refractivity contribution in [3.63, 3.8) is 0 Å². The minimum absolute atomic E-state index is 0.0844. The van der Waals surface area contributed by atoms with Crippen molar-refractivity contribution in [2.45, 2.75) is 13.0 Å². The van der Waals surface area contributed by atoms with Crippen LogP contribution in [0.15, 0.2) is 80.4 Å². The number of hydrogen-bond donors (Lipinski definition) is 0. The third-order valence-electron chi connectivity index (χ3n) is 5.80. The van der Waals surface area contributed by atoms with Gasteiger partial charge in [-0.25, -0.2) is 0 Å². The number of carbonyl (C=O) groups is 2. The van der Waals surface area contributed by atoms with Crippen molar-refractivity contribution in [1.82, 2.24) is 0 Å². The van der Waals surface area contributed by atoms with Crippen molar-refractivity contribution in [3.8, 4) is 0 Å². The number of nitro groups is 1. The van der Waals surface area contributed by atoms with Gasteiger partial charge in [0.15, 0.2) is 11.2 Å². The Morgan fingerprint density at radius 3 is 2.32 bits per heavy atom. The van der Waals surface area contributed by atoms with Crippen LogP contribution in [0, 0.1) is 10.1 Å². The first-order valence-corrected chi connectivity index (χ1v) is 11.0. The predicted octanol–water partition coefficient (Wildman–Crippen LogP) is 5.42. The van der Waals surface area contributed by atoms with Crippen molar-refractivity contribution in [2.75, 3.05) is 4.90 Å². The number of anilines is 1. The highest BCUT2D eigenvalue weighted by Gasteiger charge is 2.43. The smallest absolute Gasteiger partial charge is 0.295 e. The average Bonchev–Trinajstić information content (AvgIpc) is 3.12. The summed E-state index contributed by atoms with van der Waals surface area (Å²) in [7, 11) is 0. The van der Waals surface area contributed by atoms with E-state index in [1.54, 1.807) is 42.5 Å². The van der Waals surface area contributed by atoms with Crippen LogP contribution in [0.3, 0.4) is 0 Å². The van der Waals surface area contributed by atoms with E-state index >= 15 is 0 Å². The predicted molar refractivity (Wildman–Crippen MR) is 128 cm³/mol. The Kier molecular flexibility index (Phi) is 5.13. The second-order valence-corrected chi connectivity index (χ2v) is 8.76. The van der Waals surface area contributed by atoms with E-state index in [1.165, 1.54) is 36.1 Å². The Hall–Kier alpha value is -4.11. The van der Waals surface area contributed by atoms with E-state index in [2.05, 4.69) is 15.9 Å². The summed E-state index contributed by atoms with van der Waals surface area (Å²) < 4.78 is 6.59. The van der Waals surface area contributed by atoms with Gasteiger partial charge in [-0.1, -0.05) is 15.9 Å². The van der Waals surface area contributed by atoms with Gasteiger partial charge in [0.05, 0.1) is 21.9 Å². The topological polar surface area (TPSA) is 111 Å². The Morgan fingerprint density at radius 2 is 1.71 bits per heavy atom. The van der Waals surface area contributed by atoms with E-state index in [0.29, 0.717) is 26.7 Å². The molecular formula is C25H15BrN2O6. The molecule has 0 bridgehead atoms. The zero-order valence-corrected chi connectivity index (χ0v) is 19.2. The van der Waals surface area contributed by atoms with Crippen molar-refractivity contribution < 1.29 is 18.9 Å². The third-order valence-corrected chi connectivity index (χ3v) is 6.30. The lowest BCUT2D eigenvalue weighted by Crippen LogP contribution is -2.29. The van der Waals surface area contributed by atoms with Gasteiger partial charge in [-0.2, -0.15) is 0 Å². The van der Waals surface area contributed by atoms with Gasteiger partial charge in [-0.05, 0) is 67.1 Å². The molecule has 1 aliphatic rings. The van der Waals surface area contributed by atoms with Gasteiger partial charge in [0, 0.05) is 27.9 Å². The van der Waals surface area contributed by atoms with Crippen LogP contribution < -0.4 is 10.3 Å². The van der Waals surface area contributed by atoms with E-state index in [9.17, 15) is 24.5 Å². The summed E-state index contributed by atoms with van der Waals surface area (Å²) in [4.78, 5) is 50.9. The van der Waals surface area contributed by atoms with E-state index in [0.717, 1.165) is 0 Å². The molecule has 0 saturated carbocycles. The number of nitrogens with zero attached hydrogens (tertiary/aromatic N) is 2. The van der Waals surface area contributed by atoms with Gasteiger partial charge < -0.3 is 4.42 Å². The van der Waals surface area contributed by atoms with Crippen LogP contribution in [0.4, 0.5) is 11.4 Å². The highest BCUT2D eigenvalue weighted by Crippen LogP contribution is 2.41. The van der Waals surface area contributed by atoms with Gasteiger partial charge in [-0.3, -0.25) is 29.4 Å². The highest BCUT2D eigenvalue weighted by molar-refractivity contribution is 9.10. The van der Waals surface area contributed by atoms with E-state index in [-0.39, 0.29) is 33.8 Å². The number of rotatable bonds is 4. The van der Waals surface area contributed by atoms with Gasteiger partial charge in [0.2, 0.25) is 5.76 Å². The summed E-state index contributed by atoms with van der Waals surface area (Å²) in [6.07, 6.45) is 0. The van der Waals surface area contributed by atoms with Gasteiger partial charge in [0.1, 0.15) is 5.58 Å². The van der Waals surface area contributed by atoms with Crippen LogP contribution in [0.5, 0.6) is 0 Å². The number of ketones is 1. The summed E-state index contributed by atoms with van der Waals surface area (Å²) in [5.41, 5.74) is 1.39. The van der Waals surface area contributed by atoms with Crippen LogP contribution in [-0.2, 0) is 0 Å². The number of hydrogen-bond acceptors (Lipinski definition) is 6. The number of benzene rings is 3. The van der Waals surface area contributed by atoms with Gasteiger partial charge in [0.25, 0.3) is 11.6 Å². The Labute approximate surface area is 200 Å². The van der Waals surface area contributed by atoms with Crippen LogP contribution in [-0.4, -0.2) is 16.6 Å². The van der Waals surface area contributed by atoms with Crippen molar-refractivity contribution in [2.24, 2.45) is 0 Å². The van der Waals surface area contributed by atoms with Crippen molar-refractivity contribution in [3.05, 3.63) is 114 Å². The quantitative estimate of drug-likeness (QED) is 0.202. The van der Waals surface area contributed by atoms with E-state index in [4.69, 9.17) is 4.42 Å². The molecule has 9 heteroatoms. The average molecular weight is 519 g/mol. The first kappa shape index (κ1) is 21.7. The Bertz CT molecular complexity index is 1560. The molecular weight excluding hydrogens is 504 g/mol. The summed E-state index contributed by atoms with van der Waals surface area (Å²) in [5, 5.41) is 11.4. The summed E-state index contributed by atoms with van der Waals surface area (Å²) in [5.74, 6) is -0.724. The van der Waals surface area contributed by atoms with Crippen molar-refractivity contribution >= 4 is 50.0 Å². The first-order valence-electron chi connectivity index (χ1n) is 10.2. The number of carbonyl (C=O) groups excluding carboxylic acids is 2. The normalized spacial score (nSPS) is 14.9. The molecule has 5 rings (SSSR count). The van der Waals surface area contributed by atoms with Crippen LogP contribution in [0.2, 0.25) is 0 Å². The molecule has 0 fully saturated rings. The third kappa shape index (κ3) is 3.41. The number of Topliss-reactive ketones (excluding diaryl/α,β-unsaturated/α-hetero) is 1. The van der Waals surface area contributed by atoms with Crippen LogP contribution in [0.25, 0.3) is 11.0 Å². The first-order chi connectivity index (χ1) is 16.3. The van der Waals surface area contributed by atoms with E-state index in [1.807, 2.05) is 0 Å². The minimum atomic E-state index is -0.869. The molecule has 0 aliphatic carbocycles. The SMILES string of the molecule is CC(=O)c1ccc(N2C(=O)c3oc4ccc(Br)cc4c(=O)c3C2c2ccc([N+](=O)[O-])cc2)cc1. The number of fused-ring (bicyclic) bond motifs is 2. The molecule has 1 amide bonds. The number of halogens is 1. The summed E-state index contributed by atoms with van der Waals surface area (Å²) in [6.45, 7) is 1.44. The molecule has 8 nitrogen and oxygen atoms in total. The van der Waals surface area contributed by atoms with E-state index < -0.39 is 16.9 Å². The molecule has 1 unspecified atom stereocenters. The second kappa shape index (κ2) is 8.03. The standard InChI is InChI=1S/C25H15BrN2O6/c1-13(29)14-2-7-17(8-3-14)27-22(15-4-9-18(10-5-15)28(32)33)21-23(30)19-12-16(26)6-11-20(19)34-24(21)25(27)31/h2-12,22H,1H3. The maximum Gasteiger partial charge on any atom is 0.295 e. The molecule has 1 atom stereocenters. The number of nitro benzene ring substituents is 1. The van der Waals surface area contributed by atoms with Crippen LogP contribution in [0.1, 0.15) is 45.0 Å². The fourth-order valence-corrected chi connectivity index (χ4v) is 4.52. The maximum absolute atomic E-state index is 13.6.